The number of halogens is 5. The first-order valence-corrected chi connectivity index (χ1v) is 7.38. The summed E-state index contributed by atoms with van der Waals surface area (Å²) in [7, 11) is 0. The number of ether oxygens (including phenoxy) is 1. The van der Waals surface area contributed by atoms with Gasteiger partial charge in [0.15, 0.2) is 5.75 Å². The van der Waals surface area contributed by atoms with Gasteiger partial charge in [-0.1, -0.05) is 12.1 Å². The van der Waals surface area contributed by atoms with E-state index in [2.05, 4.69) is 6.07 Å². The van der Waals surface area contributed by atoms with E-state index in [1.54, 1.807) is 12.1 Å². The molecule has 0 aromatic heterocycles. The lowest BCUT2D eigenvalue weighted by Crippen LogP contribution is -2.41. The lowest BCUT2D eigenvalue weighted by molar-refractivity contribution is 0.158. The highest BCUT2D eigenvalue weighted by atomic mass is 19.2. The number of benzene rings is 2. The van der Waals surface area contributed by atoms with Gasteiger partial charge in [-0.3, -0.25) is 0 Å². The third kappa shape index (κ3) is 3.02. The fraction of sp³-hybridized carbons (Fsp3) is 0.294. The number of hydrogen-bond acceptors (Lipinski definition) is 2. The first kappa shape index (κ1) is 16.5. The Bertz CT molecular complexity index is 709. The number of anilines is 1. The fourth-order valence-corrected chi connectivity index (χ4v) is 2.71. The molecule has 7 heteroatoms. The van der Waals surface area contributed by atoms with Crippen LogP contribution in [0, 0.1) is 35.2 Å². The van der Waals surface area contributed by atoms with E-state index < -0.39 is 40.9 Å². The lowest BCUT2D eigenvalue weighted by Gasteiger charge is -2.34. The molecule has 24 heavy (non-hydrogen) atoms. The Labute approximate surface area is 135 Å². The van der Waals surface area contributed by atoms with Gasteiger partial charge in [-0.15, -0.1) is 0 Å². The second-order valence-electron chi connectivity index (χ2n) is 5.49. The predicted molar refractivity (Wildman–Crippen MR) is 77.4 cm³/mol. The number of rotatable bonds is 3. The minimum absolute atomic E-state index is 0.281. The van der Waals surface area contributed by atoms with Gasteiger partial charge in [-0.2, -0.15) is 8.78 Å². The maximum absolute atomic E-state index is 13.7. The van der Waals surface area contributed by atoms with Gasteiger partial charge in [0.1, 0.15) is 6.10 Å². The predicted octanol–water partition coefficient (Wildman–Crippen LogP) is 4.23. The van der Waals surface area contributed by atoms with Gasteiger partial charge in [0.2, 0.25) is 29.1 Å². The van der Waals surface area contributed by atoms with Gasteiger partial charge in [0, 0.05) is 12.2 Å². The molecule has 0 saturated carbocycles. The van der Waals surface area contributed by atoms with Crippen LogP contribution in [0.3, 0.4) is 0 Å². The molecule has 1 heterocycles. The van der Waals surface area contributed by atoms with E-state index in [1.807, 2.05) is 17.0 Å². The van der Waals surface area contributed by atoms with Crippen molar-refractivity contribution in [2.45, 2.75) is 18.9 Å². The third-order valence-corrected chi connectivity index (χ3v) is 3.90. The molecular formula is C17H13F5NO. The van der Waals surface area contributed by atoms with Crippen molar-refractivity contribution in [2.75, 3.05) is 18.0 Å². The number of piperidine rings is 1. The minimum Gasteiger partial charge on any atom is -0.482 e. The molecule has 1 saturated heterocycles. The summed E-state index contributed by atoms with van der Waals surface area (Å²) in [6.07, 6.45) is 0.435. The van der Waals surface area contributed by atoms with Crippen LogP contribution in [0.2, 0.25) is 0 Å². The van der Waals surface area contributed by atoms with Gasteiger partial charge >= 0.3 is 0 Å². The van der Waals surface area contributed by atoms with Crippen molar-refractivity contribution in [2.24, 2.45) is 0 Å². The quantitative estimate of drug-likeness (QED) is 0.470. The molecule has 2 aromatic rings. The Morgan fingerprint density at radius 2 is 1.50 bits per heavy atom. The van der Waals surface area contributed by atoms with Crippen LogP contribution in [0.15, 0.2) is 24.3 Å². The minimum atomic E-state index is -2.19. The largest absolute Gasteiger partial charge is 0.482 e. The smallest absolute Gasteiger partial charge is 0.207 e. The number of hydrogen-bond donors (Lipinski definition) is 0. The van der Waals surface area contributed by atoms with Crippen molar-refractivity contribution in [1.82, 2.24) is 0 Å². The van der Waals surface area contributed by atoms with Gasteiger partial charge < -0.3 is 9.64 Å². The summed E-state index contributed by atoms with van der Waals surface area (Å²) in [5.74, 6) is -11.3. The maximum atomic E-state index is 13.7. The van der Waals surface area contributed by atoms with Crippen LogP contribution in [0.1, 0.15) is 12.8 Å². The van der Waals surface area contributed by atoms with Crippen LogP contribution in [-0.2, 0) is 0 Å². The molecule has 0 amide bonds. The second-order valence-corrected chi connectivity index (χ2v) is 5.49. The topological polar surface area (TPSA) is 12.5 Å². The average molecular weight is 342 g/mol. The highest BCUT2D eigenvalue weighted by Gasteiger charge is 2.30. The van der Waals surface area contributed by atoms with Crippen molar-refractivity contribution >= 4 is 5.69 Å². The lowest BCUT2D eigenvalue weighted by atomic mass is 10.1. The van der Waals surface area contributed by atoms with Gasteiger partial charge in [-0.05, 0) is 31.0 Å². The maximum Gasteiger partial charge on any atom is 0.207 e. The Hall–Kier alpha value is -2.31. The van der Waals surface area contributed by atoms with Crippen LogP contribution < -0.4 is 9.64 Å². The van der Waals surface area contributed by atoms with E-state index in [0.29, 0.717) is 19.4 Å². The Morgan fingerprint density at radius 3 is 2.12 bits per heavy atom. The van der Waals surface area contributed by atoms with Crippen LogP contribution in [0.25, 0.3) is 0 Å². The molecule has 1 radical (unpaired) electrons. The molecule has 0 bridgehead atoms. The molecule has 0 aliphatic carbocycles. The van der Waals surface area contributed by atoms with Crippen molar-refractivity contribution in [3.63, 3.8) is 0 Å². The van der Waals surface area contributed by atoms with E-state index in [1.165, 1.54) is 0 Å². The van der Waals surface area contributed by atoms with Crippen molar-refractivity contribution in [3.05, 3.63) is 59.4 Å². The zero-order valence-corrected chi connectivity index (χ0v) is 12.5. The van der Waals surface area contributed by atoms with E-state index in [9.17, 15) is 22.0 Å². The Morgan fingerprint density at radius 1 is 0.917 bits per heavy atom. The molecule has 1 atom stereocenters. The SMILES string of the molecule is Fc1c(F)c(F)c(OC2CCCN(c3cc[c]cc3)C2)c(F)c1F. The summed E-state index contributed by atoms with van der Waals surface area (Å²) in [4.78, 5) is 1.92. The standard InChI is InChI=1S/C17H13F5NO/c18-12-13(19)15(21)17(16(22)14(12)20)24-11-7-4-8-23(9-11)10-5-2-1-3-6-10/h2-3,5-6,11H,4,7-9H2. The molecule has 1 aliphatic rings. The first-order chi connectivity index (χ1) is 11.5. The summed E-state index contributed by atoms with van der Waals surface area (Å²) in [5, 5.41) is 0. The molecule has 1 fully saturated rings. The molecule has 2 nitrogen and oxygen atoms in total. The van der Waals surface area contributed by atoms with Crippen molar-refractivity contribution in [3.8, 4) is 5.75 Å². The van der Waals surface area contributed by atoms with E-state index in [0.717, 1.165) is 5.69 Å². The fourth-order valence-electron chi connectivity index (χ4n) is 2.71. The van der Waals surface area contributed by atoms with E-state index >= 15 is 0 Å². The van der Waals surface area contributed by atoms with Gasteiger partial charge in [0.25, 0.3) is 0 Å². The summed E-state index contributed by atoms with van der Waals surface area (Å²) >= 11 is 0. The molecule has 0 spiro atoms. The Kier molecular flexibility index (Phi) is 4.59. The highest BCUT2D eigenvalue weighted by molar-refractivity contribution is 5.46. The van der Waals surface area contributed by atoms with E-state index in [4.69, 9.17) is 4.74 Å². The highest BCUT2D eigenvalue weighted by Crippen LogP contribution is 2.31. The third-order valence-electron chi connectivity index (χ3n) is 3.90. The summed E-state index contributed by atoms with van der Waals surface area (Å²) in [5.41, 5.74) is 0.875. The summed E-state index contributed by atoms with van der Waals surface area (Å²) < 4.78 is 72.1. The van der Waals surface area contributed by atoms with Crippen LogP contribution in [0.5, 0.6) is 5.75 Å². The molecule has 1 aliphatic heterocycles. The molecule has 3 rings (SSSR count). The zero-order valence-electron chi connectivity index (χ0n) is 12.5. The number of nitrogens with zero attached hydrogens (tertiary/aromatic N) is 1. The van der Waals surface area contributed by atoms with Gasteiger partial charge in [0.05, 0.1) is 6.54 Å². The molecule has 1 unspecified atom stereocenters. The zero-order chi connectivity index (χ0) is 17.3. The first-order valence-electron chi connectivity index (χ1n) is 7.38. The monoisotopic (exact) mass is 342 g/mol. The molecule has 127 valence electrons. The van der Waals surface area contributed by atoms with Crippen LogP contribution in [0.4, 0.5) is 27.6 Å². The average Bonchev–Trinajstić information content (AvgIpc) is 2.63. The van der Waals surface area contributed by atoms with Crippen molar-refractivity contribution in [1.29, 1.82) is 0 Å². The summed E-state index contributed by atoms with van der Waals surface area (Å²) in [6, 6.07) is 9.97. The van der Waals surface area contributed by atoms with Crippen molar-refractivity contribution < 1.29 is 26.7 Å². The molecular weight excluding hydrogens is 329 g/mol. The van der Waals surface area contributed by atoms with Gasteiger partial charge in [-0.25, -0.2) is 13.2 Å². The van der Waals surface area contributed by atoms with Crippen LogP contribution in [-0.4, -0.2) is 19.2 Å². The Balaban J connectivity index is 1.82. The van der Waals surface area contributed by atoms with Crippen LogP contribution >= 0.6 is 0 Å². The molecule has 0 N–H and O–H groups in total. The van der Waals surface area contributed by atoms with E-state index in [-0.39, 0.29) is 6.54 Å². The normalized spacial score (nSPS) is 17.9. The second kappa shape index (κ2) is 6.67. The summed E-state index contributed by atoms with van der Waals surface area (Å²) in [6.45, 7) is 0.991. The molecule has 2 aromatic carbocycles.